The number of rotatable bonds is 16. The molecule has 0 radical (unpaired) electrons. The maximum absolute atomic E-state index is 12.9. The molecule has 0 spiro atoms. The van der Waals surface area contributed by atoms with Crippen molar-refractivity contribution >= 4 is 24.0 Å². The zero-order valence-electron chi connectivity index (χ0n) is 25.4. The molecule has 220 valence electrons. The Bertz CT molecular complexity index is 700. The van der Waals surface area contributed by atoms with Gasteiger partial charge in [0.2, 0.25) is 0 Å². The molecule has 0 saturated heterocycles. The Morgan fingerprint density at radius 1 is 0.553 bits per heavy atom. The van der Waals surface area contributed by atoms with Gasteiger partial charge >= 0.3 is 24.0 Å². The van der Waals surface area contributed by atoms with Crippen molar-refractivity contribution in [2.45, 2.75) is 81.3 Å². The van der Waals surface area contributed by atoms with Crippen LogP contribution in [0.4, 0.5) is 9.59 Å². The quantitative estimate of drug-likeness (QED) is 0.214. The van der Waals surface area contributed by atoms with Crippen LogP contribution in [0.5, 0.6) is 0 Å². The number of carbonyl (C=O) groups is 4. The van der Waals surface area contributed by atoms with E-state index in [2.05, 4.69) is 0 Å². The molecule has 0 aromatic rings. The lowest BCUT2D eigenvalue weighted by Crippen LogP contribution is -2.51. The minimum Gasteiger partial charge on any atom is -0.460 e. The van der Waals surface area contributed by atoms with Crippen molar-refractivity contribution in [1.29, 1.82) is 0 Å². The third kappa shape index (κ3) is 10.9. The highest BCUT2D eigenvalue weighted by Gasteiger charge is 2.30. The van der Waals surface area contributed by atoms with Crippen molar-refractivity contribution < 1.29 is 28.7 Å². The van der Waals surface area contributed by atoms with Crippen molar-refractivity contribution in [2.24, 2.45) is 11.8 Å². The summed E-state index contributed by atoms with van der Waals surface area (Å²) in [6, 6.07) is -0.779. The Balaban J connectivity index is 5.16. The van der Waals surface area contributed by atoms with Gasteiger partial charge in [-0.3, -0.25) is 0 Å². The average Bonchev–Trinajstić information content (AvgIpc) is 2.88. The minimum absolute atomic E-state index is 0.0189. The van der Waals surface area contributed by atoms with E-state index in [1.165, 1.54) is 0 Å². The van der Waals surface area contributed by atoms with Gasteiger partial charge in [-0.2, -0.15) is 0 Å². The molecule has 2 atom stereocenters. The molecular formula is C28H52N4O6. The van der Waals surface area contributed by atoms with Gasteiger partial charge in [-0.1, -0.05) is 27.7 Å². The minimum atomic E-state index is -0.689. The number of ether oxygens (including phenoxy) is 2. The van der Waals surface area contributed by atoms with Crippen LogP contribution in [0.15, 0.2) is 12.2 Å². The van der Waals surface area contributed by atoms with E-state index in [-0.39, 0.29) is 49.2 Å². The first kappa shape index (κ1) is 35.2. The Morgan fingerprint density at radius 3 is 1.05 bits per heavy atom. The summed E-state index contributed by atoms with van der Waals surface area (Å²) in [6.45, 7) is 22.8. The number of likely N-dealkylation sites (N-methyl/N-ethyl adjacent to an activating group) is 2. The summed E-state index contributed by atoms with van der Waals surface area (Å²) in [5.41, 5.74) is 0. The summed E-state index contributed by atoms with van der Waals surface area (Å²) in [7, 11) is 0. The number of nitrogens with zero attached hydrogens (tertiary/aromatic N) is 4. The monoisotopic (exact) mass is 540 g/mol. The van der Waals surface area contributed by atoms with Crippen molar-refractivity contribution in [1.82, 2.24) is 19.6 Å². The predicted octanol–water partition coefficient (Wildman–Crippen LogP) is 4.25. The van der Waals surface area contributed by atoms with Gasteiger partial charge in [0, 0.05) is 51.4 Å². The molecule has 0 unspecified atom stereocenters. The number of carbonyl (C=O) groups excluding carboxylic acids is 4. The maximum atomic E-state index is 12.9. The maximum Gasteiger partial charge on any atom is 0.331 e. The van der Waals surface area contributed by atoms with E-state index in [9.17, 15) is 19.2 Å². The fourth-order valence-electron chi connectivity index (χ4n) is 4.23. The third-order valence-corrected chi connectivity index (χ3v) is 6.73. The SMILES string of the molecule is CCN(CC)C(=O)N(CC)[C@@H](COC(=O)/C=C/C(=O)OC[C@@H](C(C)C)N(CC)C(=O)N(CC)CC)C(C)C. The first-order chi connectivity index (χ1) is 17.9. The molecule has 10 heteroatoms. The van der Waals surface area contributed by atoms with Crippen molar-refractivity contribution in [2.75, 3.05) is 52.5 Å². The highest BCUT2D eigenvalue weighted by Crippen LogP contribution is 2.16. The van der Waals surface area contributed by atoms with Crippen LogP contribution in [-0.2, 0) is 19.1 Å². The fourth-order valence-corrected chi connectivity index (χ4v) is 4.23. The summed E-state index contributed by atoms with van der Waals surface area (Å²) >= 11 is 0. The summed E-state index contributed by atoms with van der Waals surface area (Å²) < 4.78 is 10.8. The molecule has 0 aliphatic rings. The summed E-state index contributed by atoms with van der Waals surface area (Å²) in [4.78, 5) is 57.4. The van der Waals surface area contributed by atoms with Crippen LogP contribution in [0.1, 0.15) is 69.2 Å². The van der Waals surface area contributed by atoms with Gasteiger partial charge in [-0.05, 0) is 53.4 Å². The van der Waals surface area contributed by atoms with Gasteiger partial charge in [0.05, 0.1) is 12.1 Å². The predicted molar refractivity (Wildman–Crippen MR) is 150 cm³/mol. The largest absolute Gasteiger partial charge is 0.460 e. The number of amides is 4. The number of urea groups is 2. The molecule has 10 nitrogen and oxygen atoms in total. The summed E-state index contributed by atoms with van der Waals surface area (Å²) in [6.07, 6.45) is 2.07. The standard InChI is InChI=1S/C28H52N4O6/c1-11-29(12-2)27(35)31(15-5)23(21(7)8)19-37-25(33)17-18-26(34)38-20-24(22(9)10)32(16-6)28(36)30(13-3)14-4/h17-18,21-24H,11-16,19-20H2,1-10H3/b18-17+/t23-,24-/m0/s1. The lowest BCUT2D eigenvalue weighted by Gasteiger charge is -2.36. The Morgan fingerprint density at radius 2 is 0.842 bits per heavy atom. The van der Waals surface area contributed by atoms with E-state index in [1.807, 2.05) is 69.2 Å². The average molecular weight is 541 g/mol. The van der Waals surface area contributed by atoms with Gasteiger partial charge < -0.3 is 29.1 Å². The second-order valence-electron chi connectivity index (χ2n) is 9.70. The van der Waals surface area contributed by atoms with Crippen LogP contribution < -0.4 is 0 Å². The Labute approximate surface area is 230 Å². The van der Waals surface area contributed by atoms with Crippen LogP contribution in [0.2, 0.25) is 0 Å². The lowest BCUT2D eigenvalue weighted by molar-refractivity contribution is -0.142. The van der Waals surface area contributed by atoms with Gasteiger partial charge in [-0.15, -0.1) is 0 Å². The molecule has 0 aliphatic heterocycles. The van der Waals surface area contributed by atoms with Gasteiger partial charge in [0.1, 0.15) is 13.2 Å². The fraction of sp³-hybridized carbons (Fsp3) is 0.786. The van der Waals surface area contributed by atoms with Crippen molar-refractivity contribution in [3.8, 4) is 0 Å². The molecule has 0 rings (SSSR count). The second kappa shape index (κ2) is 18.5. The molecule has 0 aromatic heterocycles. The molecule has 4 amide bonds. The Kier molecular flexibility index (Phi) is 17.1. The van der Waals surface area contributed by atoms with Crippen molar-refractivity contribution in [3.63, 3.8) is 0 Å². The van der Waals surface area contributed by atoms with Gasteiger partial charge in [0.25, 0.3) is 0 Å². The molecule has 0 N–H and O–H groups in total. The molecule has 0 heterocycles. The van der Waals surface area contributed by atoms with Crippen LogP contribution in [0.3, 0.4) is 0 Å². The number of hydrogen-bond donors (Lipinski definition) is 0. The topological polar surface area (TPSA) is 99.7 Å². The first-order valence-corrected chi connectivity index (χ1v) is 14.1. The molecule has 0 aliphatic carbocycles. The normalized spacial score (nSPS) is 12.8. The van der Waals surface area contributed by atoms with Crippen LogP contribution >= 0.6 is 0 Å². The van der Waals surface area contributed by atoms with Gasteiger partial charge in [0.15, 0.2) is 0 Å². The van der Waals surface area contributed by atoms with E-state index < -0.39 is 11.9 Å². The Hall–Kier alpha value is -2.78. The zero-order chi connectivity index (χ0) is 29.4. The summed E-state index contributed by atoms with van der Waals surface area (Å²) in [5.74, 6) is -1.26. The lowest BCUT2D eigenvalue weighted by atomic mass is 10.0. The molecular weight excluding hydrogens is 488 g/mol. The summed E-state index contributed by atoms with van der Waals surface area (Å²) in [5, 5.41) is 0. The number of hydrogen-bond acceptors (Lipinski definition) is 6. The van der Waals surface area contributed by atoms with Crippen LogP contribution in [0, 0.1) is 11.8 Å². The first-order valence-electron chi connectivity index (χ1n) is 14.1. The van der Waals surface area contributed by atoms with E-state index in [4.69, 9.17) is 9.47 Å². The van der Waals surface area contributed by atoms with E-state index in [0.717, 1.165) is 12.2 Å². The van der Waals surface area contributed by atoms with Gasteiger partial charge in [-0.25, -0.2) is 19.2 Å². The molecule has 0 fully saturated rings. The molecule has 0 bridgehead atoms. The molecule has 38 heavy (non-hydrogen) atoms. The highest BCUT2D eigenvalue weighted by atomic mass is 16.5. The van der Waals surface area contributed by atoms with Crippen LogP contribution in [-0.4, -0.2) is 108 Å². The highest BCUT2D eigenvalue weighted by molar-refractivity contribution is 5.91. The van der Waals surface area contributed by atoms with Crippen LogP contribution in [0.25, 0.3) is 0 Å². The van der Waals surface area contributed by atoms with E-state index >= 15 is 0 Å². The second-order valence-corrected chi connectivity index (χ2v) is 9.70. The molecule has 0 aromatic carbocycles. The van der Waals surface area contributed by atoms with Crippen molar-refractivity contribution in [3.05, 3.63) is 12.2 Å². The smallest absolute Gasteiger partial charge is 0.331 e. The zero-order valence-corrected chi connectivity index (χ0v) is 25.4. The van der Waals surface area contributed by atoms with E-state index in [0.29, 0.717) is 39.3 Å². The molecule has 0 saturated carbocycles. The number of esters is 2. The van der Waals surface area contributed by atoms with E-state index in [1.54, 1.807) is 19.6 Å². The third-order valence-electron chi connectivity index (χ3n) is 6.73.